The summed E-state index contributed by atoms with van der Waals surface area (Å²) >= 11 is 6.12. The molecule has 0 aliphatic heterocycles. The Morgan fingerprint density at radius 1 is 1.22 bits per heavy atom. The van der Waals surface area contributed by atoms with Crippen LogP contribution in [0.1, 0.15) is 29.3 Å². The van der Waals surface area contributed by atoms with Crippen LogP contribution in [-0.4, -0.2) is 18.5 Å². The number of nitrogens with two attached hydrogens (primary N) is 1. The van der Waals surface area contributed by atoms with Gasteiger partial charge in [0, 0.05) is 23.2 Å². The Hall–Kier alpha value is -2.04. The quantitative estimate of drug-likeness (QED) is 0.817. The third-order valence-electron chi connectivity index (χ3n) is 3.36. The van der Waals surface area contributed by atoms with Gasteiger partial charge in [0.25, 0.3) is 5.91 Å². The molecule has 1 atom stereocenters. The molecular formula is C18H21ClN2O2. The van der Waals surface area contributed by atoms with Crippen molar-refractivity contribution in [2.45, 2.75) is 26.0 Å². The molecule has 3 N–H and O–H groups in total. The van der Waals surface area contributed by atoms with Crippen LogP contribution in [0.4, 0.5) is 0 Å². The molecule has 0 aliphatic rings. The Labute approximate surface area is 141 Å². The van der Waals surface area contributed by atoms with Crippen molar-refractivity contribution in [3.63, 3.8) is 0 Å². The standard InChI is InChI=1S/C18H21ClN2O2/c1-13(20)10-11-21-18(22)15-7-3-5-9-17(15)23-12-14-6-2-4-8-16(14)19/h2-9,13H,10-12,20H2,1H3,(H,21,22). The van der Waals surface area contributed by atoms with Crippen molar-refractivity contribution in [3.05, 3.63) is 64.7 Å². The number of amides is 1. The van der Waals surface area contributed by atoms with Gasteiger partial charge >= 0.3 is 0 Å². The van der Waals surface area contributed by atoms with E-state index in [0.717, 1.165) is 12.0 Å². The van der Waals surface area contributed by atoms with Crippen LogP contribution < -0.4 is 15.8 Å². The molecular weight excluding hydrogens is 312 g/mol. The van der Waals surface area contributed by atoms with Gasteiger partial charge in [-0.05, 0) is 31.5 Å². The number of benzene rings is 2. The van der Waals surface area contributed by atoms with Gasteiger partial charge in [-0.3, -0.25) is 4.79 Å². The number of rotatable bonds is 7. The third-order valence-corrected chi connectivity index (χ3v) is 3.73. The van der Waals surface area contributed by atoms with E-state index in [9.17, 15) is 4.79 Å². The largest absolute Gasteiger partial charge is 0.488 e. The second kappa shape index (κ2) is 8.56. The summed E-state index contributed by atoms with van der Waals surface area (Å²) in [7, 11) is 0. The Bertz CT molecular complexity index is 659. The Morgan fingerprint density at radius 2 is 1.91 bits per heavy atom. The summed E-state index contributed by atoms with van der Waals surface area (Å²) in [4.78, 5) is 12.3. The van der Waals surface area contributed by atoms with Gasteiger partial charge in [-0.2, -0.15) is 0 Å². The van der Waals surface area contributed by atoms with Crippen LogP contribution in [0, 0.1) is 0 Å². The van der Waals surface area contributed by atoms with E-state index in [1.54, 1.807) is 12.1 Å². The van der Waals surface area contributed by atoms with Crippen molar-refractivity contribution in [1.29, 1.82) is 0 Å². The summed E-state index contributed by atoms with van der Waals surface area (Å²) in [5, 5.41) is 3.50. The molecule has 0 aromatic heterocycles. The van der Waals surface area contributed by atoms with Gasteiger partial charge < -0.3 is 15.8 Å². The van der Waals surface area contributed by atoms with Crippen molar-refractivity contribution in [3.8, 4) is 5.75 Å². The number of ether oxygens (including phenoxy) is 1. The molecule has 1 amide bonds. The summed E-state index contributed by atoms with van der Waals surface area (Å²) in [6.07, 6.45) is 0.731. The molecule has 0 fully saturated rings. The molecule has 2 aromatic carbocycles. The van der Waals surface area contributed by atoms with Gasteiger partial charge in [0.15, 0.2) is 0 Å². The highest BCUT2D eigenvalue weighted by atomic mass is 35.5. The first-order chi connectivity index (χ1) is 11.1. The molecule has 5 heteroatoms. The topological polar surface area (TPSA) is 64.3 Å². The molecule has 0 bridgehead atoms. The van der Waals surface area contributed by atoms with E-state index in [2.05, 4.69) is 5.32 Å². The van der Waals surface area contributed by atoms with Crippen LogP contribution in [0.15, 0.2) is 48.5 Å². The fourth-order valence-corrected chi connectivity index (χ4v) is 2.25. The minimum Gasteiger partial charge on any atom is -0.488 e. The molecule has 0 saturated heterocycles. The minimum absolute atomic E-state index is 0.0574. The lowest BCUT2D eigenvalue weighted by molar-refractivity contribution is 0.0948. The number of carbonyl (C=O) groups excluding carboxylic acids is 1. The van der Waals surface area contributed by atoms with Crippen molar-refractivity contribution in [2.24, 2.45) is 5.73 Å². The average molecular weight is 333 g/mol. The van der Waals surface area contributed by atoms with Crippen LogP contribution in [-0.2, 0) is 6.61 Å². The summed E-state index contributed by atoms with van der Waals surface area (Å²) in [6.45, 7) is 2.76. The maximum atomic E-state index is 12.3. The van der Waals surface area contributed by atoms with Crippen LogP contribution >= 0.6 is 11.6 Å². The molecule has 4 nitrogen and oxygen atoms in total. The highest BCUT2D eigenvalue weighted by molar-refractivity contribution is 6.31. The molecule has 122 valence electrons. The lowest BCUT2D eigenvalue weighted by Crippen LogP contribution is -2.29. The van der Waals surface area contributed by atoms with E-state index in [4.69, 9.17) is 22.1 Å². The number of nitrogens with one attached hydrogen (secondary N) is 1. The zero-order valence-electron chi connectivity index (χ0n) is 13.1. The smallest absolute Gasteiger partial charge is 0.255 e. The number of hydrogen-bond acceptors (Lipinski definition) is 3. The SMILES string of the molecule is CC(N)CCNC(=O)c1ccccc1OCc1ccccc1Cl. The summed E-state index contributed by atoms with van der Waals surface area (Å²) in [5.41, 5.74) is 7.07. The van der Waals surface area contributed by atoms with E-state index in [1.165, 1.54) is 0 Å². The molecule has 2 rings (SSSR count). The zero-order valence-corrected chi connectivity index (χ0v) is 13.8. The second-order valence-electron chi connectivity index (χ2n) is 5.40. The van der Waals surface area contributed by atoms with Gasteiger partial charge in [0.1, 0.15) is 12.4 Å². The molecule has 23 heavy (non-hydrogen) atoms. The second-order valence-corrected chi connectivity index (χ2v) is 5.81. The van der Waals surface area contributed by atoms with Gasteiger partial charge in [-0.25, -0.2) is 0 Å². The number of carbonyl (C=O) groups is 1. The maximum Gasteiger partial charge on any atom is 0.255 e. The molecule has 0 radical (unpaired) electrons. The van der Waals surface area contributed by atoms with Crippen LogP contribution in [0.5, 0.6) is 5.75 Å². The fraction of sp³-hybridized carbons (Fsp3) is 0.278. The predicted molar refractivity (Wildman–Crippen MR) is 92.8 cm³/mol. The lowest BCUT2D eigenvalue weighted by atomic mass is 10.1. The first-order valence-electron chi connectivity index (χ1n) is 7.57. The van der Waals surface area contributed by atoms with Crippen LogP contribution in [0.25, 0.3) is 0 Å². The zero-order chi connectivity index (χ0) is 16.7. The summed E-state index contributed by atoms with van der Waals surface area (Å²) in [6, 6.07) is 14.7. The highest BCUT2D eigenvalue weighted by Crippen LogP contribution is 2.22. The fourth-order valence-electron chi connectivity index (χ4n) is 2.06. The molecule has 1 unspecified atom stereocenters. The normalized spacial score (nSPS) is 11.8. The number of para-hydroxylation sites is 1. The Kier molecular flexibility index (Phi) is 6.44. The molecule has 0 heterocycles. The molecule has 0 spiro atoms. The lowest BCUT2D eigenvalue weighted by Gasteiger charge is -2.13. The van der Waals surface area contributed by atoms with Gasteiger partial charge in [0.2, 0.25) is 0 Å². The number of halogens is 1. The third kappa shape index (κ3) is 5.27. The molecule has 0 saturated carbocycles. The van der Waals surface area contributed by atoms with Crippen molar-refractivity contribution in [2.75, 3.05) is 6.54 Å². The van der Waals surface area contributed by atoms with Crippen molar-refractivity contribution in [1.82, 2.24) is 5.32 Å². The Balaban J connectivity index is 2.02. The van der Waals surface area contributed by atoms with Gasteiger partial charge in [-0.15, -0.1) is 0 Å². The summed E-state index contributed by atoms with van der Waals surface area (Å²) < 4.78 is 5.78. The van der Waals surface area contributed by atoms with Crippen molar-refractivity contribution >= 4 is 17.5 Å². The average Bonchev–Trinajstić information content (AvgIpc) is 2.54. The van der Waals surface area contributed by atoms with E-state index in [0.29, 0.717) is 29.5 Å². The number of hydrogen-bond donors (Lipinski definition) is 2. The van der Waals surface area contributed by atoms with Gasteiger partial charge in [-0.1, -0.05) is 41.9 Å². The van der Waals surface area contributed by atoms with Crippen LogP contribution in [0.2, 0.25) is 5.02 Å². The maximum absolute atomic E-state index is 12.3. The van der Waals surface area contributed by atoms with Crippen LogP contribution in [0.3, 0.4) is 0 Å². The first kappa shape index (κ1) is 17.3. The van der Waals surface area contributed by atoms with E-state index < -0.39 is 0 Å². The monoisotopic (exact) mass is 332 g/mol. The van der Waals surface area contributed by atoms with Crippen molar-refractivity contribution < 1.29 is 9.53 Å². The van der Waals surface area contributed by atoms with E-state index in [-0.39, 0.29) is 11.9 Å². The van der Waals surface area contributed by atoms with E-state index >= 15 is 0 Å². The minimum atomic E-state index is -0.166. The van der Waals surface area contributed by atoms with E-state index in [1.807, 2.05) is 43.3 Å². The summed E-state index contributed by atoms with van der Waals surface area (Å²) in [5.74, 6) is 0.367. The molecule has 0 aliphatic carbocycles. The predicted octanol–water partition coefficient (Wildman–Crippen LogP) is 3.39. The molecule has 2 aromatic rings. The Morgan fingerprint density at radius 3 is 2.65 bits per heavy atom. The van der Waals surface area contributed by atoms with Gasteiger partial charge in [0.05, 0.1) is 5.56 Å². The first-order valence-corrected chi connectivity index (χ1v) is 7.94. The highest BCUT2D eigenvalue weighted by Gasteiger charge is 2.12.